The van der Waals surface area contributed by atoms with E-state index in [4.69, 9.17) is 16.6 Å². The number of hydrogen-bond acceptors (Lipinski definition) is 5. The van der Waals surface area contributed by atoms with Gasteiger partial charge in [-0.2, -0.15) is 4.98 Å². The lowest BCUT2D eigenvalue weighted by Crippen LogP contribution is -2.38. The maximum absolute atomic E-state index is 12.3. The number of aryl methyl sites for hydroxylation is 1. The van der Waals surface area contributed by atoms with Crippen molar-refractivity contribution in [1.29, 1.82) is 0 Å². The van der Waals surface area contributed by atoms with E-state index in [0.717, 1.165) is 17.5 Å². The summed E-state index contributed by atoms with van der Waals surface area (Å²) in [6, 6.07) is 18.9. The Hall–Kier alpha value is -3.58. The molecule has 4 aromatic rings. The van der Waals surface area contributed by atoms with Crippen molar-refractivity contribution < 1.29 is 9.21 Å². The Morgan fingerprint density at radius 3 is 2.47 bits per heavy atom. The molecule has 2 aromatic carbocycles. The zero-order chi connectivity index (χ0) is 20.9. The van der Waals surface area contributed by atoms with Crippen LogP contribution < -0.4 is 10.6 Å². The summed E-state index contributed by atoms with van der Waals surface area (Å²) in [4.78, 5) is 20.9. The van der Waals surface area contributed by atoms with Crippen molar-refractivity contribution in [3.63, 3.8) is 0 Å². The molecule has 0 aliphatic heterocycles. The van der Waals surface area contributed by atoms with Gasteiger partial charge >= 0.3 is 0 Å². The summed E-state index contributed by atoms with van der Waals surface area (Å²) in [6.07, 6.45) is 2.62. The predicted molar refractivity (Wildman–Crippen MR) is 120 cm³/mol. The molecule has 0 aliphatic rings. The molecular weight excluding hydrogens is 396 g/mol. The highest BCUT2D eigenvalue weighted by Gasteiger charge is 2.10. The average Bonchev–Trinajstić information content (AvgIpc) is 3.22. The Bertz CT molecular complexity index is 1150. The van der Waals surface area contributed by atoms with E-state index in [-0.39, 0.29) is 11.0 Å². The Kier molecular flexibility index (Phi) is 5.81. The van der Waals surface area contributed by atoms with Gasteiger partial charge in [0.1, 0.15) is 0 Å². The summed E-state index contributed by atoms with van der Waals surface area (Å²) in [5.74, 6) is 0.301. The van der Waals surface area contributed by atoms with Crippen molar-refractivity contribution in [2.75, 3.05) is 0 Å². The van der Waals surface area contributed by atoms with Crippen molar-refractivity contribution >= 4 is 34.5 Å². The van der Waals surface area contributed by atoms with Crippen LogP contribution in [0.4, 0.5) is 0 Å². The van der Waals surface area contributed by atoms with E-state index in [1.165, 1.54) is 5.56 Å². The van der Waals surface area contributed by atoms with Gasteiger partial charge in [0.15, 0.2) is 16.3 Å². The first-order valence-corrected chi connectivity index (χ1v) is 10.0. The molecule has 0 bridgehead atoms. The first kappa shape index (κ1) is 19.7. The number of pyridine rings is 1. The highest BCUT2D eigenvalue weighted by Crippen LogP contribution is 2.23. The van der Waals surface area contributed by atoms with Crippen LogP contribution in [0, 0.1) is 0 Å². The Balaban J connectivity index is 1.33. The van der Waals surface area contributed by atoms with Gasteiger partial charge in [-0.3, -0.25) is 10.1 Å². The molecule has 0 atom stereocenters. The standard InChI is InChI=1S/C23H20N4O2S/c1-2-15-5-9-17(10-6-15)21(28)27-23(30)25-14-16-7-11-18(12-8-16)22-26-20-19(29-22)4-3-13-24-20/h3-13H,2,14H2,1H3,(H2,25,27,28,30). The number of carbonyl (C=O) groups is 1. The lowest BCUT2D eigenvalue weighted by Gasteiger charge is -2.10. The second-order valence-corrected chi connectivity index (χ2v) is 7.14. The van der Waals surface area contributed by atoms with Crippen molar-refractivity contribution in [1.82, 2.24) is 20.6 Å². The van der Waals surface area contributed by atoms with Gasteiger partial charge in [0, 0.05) is 23.9 Å². The lowest BCUT2D eigenvalue weighted by atomic mass is 10.1. The predicted octanol–water partition coefficient (Wildman–Crippen LogP) is 4.26. The average molecular weight is 417 g/mol. The third-order valence-corrected chi connectivity index (χ3v) is 4.92. The summed E-state index contributed by atoms with van der Waals surface area (Å²) in [5, 5.41) is 6.04. The van der Waals surface area contributed by atoms with Gasteiger partial charge in [-0.15, -0.1) is 0 Å². The molecule has 0 spiro atoms. The van der Waals surface area contributed by atoms with Crippen molar-refractivity contribution in [3.05, 3.63) is 83.6 Å². The highest BCUT2D eigenvalue weighted by molar-refractivity contribution is 7.80. The van der Waals surface area contributed by atoms with Crippen LogP contribution in [0.3, 0.4) is 0 Å². The summed E-state index contributed by atoms with van der Waals surface area (Å²) < 4.78 is 5.73. The minimum Gasteiger partial charge on any atom is -0.434 e. The van der Waals surface area contributed by atoms with E-state index in [1.54, 1.807) is 18.3 Å². The molecule has 0 saturated heterocycles. The largest absolute Gasteiger partial charge is 0.434 e. The van der Waals surface area contributed by atoms with Crippen molar-refractivity contribution in [3.8, 4) is 11.5 Å². The summed E-state index contributed by atoms with van der Waals surface area (Å²) in [5.41, 5.74) is 4.88. The number of nitrogens with one attached hydrogen (secondary N) is 2. The summed E-state index contributed by atoms with van der Waals surface area (Å²) >= 11 is 5.24. The van der Waals surface area contributed by atoms with E-state index in [2.05, 4.69) is 27.5 Å². The molecule has 6 nitrogen and oxygen atoms in total. The number of rotatable bonds is 5. The second kappa shape index (κ2) is 8.84. The smallest absolute Gasteiger partial charge is 0.257 e. The number of nitrogens with zero attached hydrogens (tertiary/aromatic N) is 2. The zero-order valence-corrected chi connectivity index (χ0v) is 17.2. The topological polar surface area (TPSA) is 80.0 Å². The van der Waals surface area contributed by atoms with E-state index in [0.29, 0.717) is 29.2 Å². The summed E-state index contributed by atoms with van der Waals surface area (Å²) in [6.45, 7) is 2.56. The molecule has 0 aliphatic carbocycles. The number of benzene rings is 2. The number of oxazole rings is 1. The zero-order valence-electron chi connectivity index (χ0n) is 16.4. The molecule has 2 aromatic heterocycles. The van der Waals surface area contributed by atoms with Crippen molar-refractivity contribution in [2.24, 2.45) is 0 Å². The Labute approximate surface area is 179 Å². The van der Waals surface area contributed by atoms with E-state index in [9.17, 15) is 4.79 Å². The first-order valence-electron chi connectivity index (χ1n) is 9.61. The highest BCUT2D eigenvalue weighted by atomic mass is 32.1. The fraction of sp³-hybridized carbons (Fsp3) is 0.130. The summed E-state index contributed by atoms with van der Waals surface area (Å²) in [7, 11) is 0. The molecule has 0 fully saturated rings. The maximum atomic E-state index is 12.3. The van der Waals surface area contributed by atoms with E-state index >= 15 is 0 Å². The van der Waals surface area contributed by atoms with E-state index < -0.39 is 0 Å². The van der Waals surface area contributed by atoms with Gasteiger partial charge < -0.3 is 9.73 Å². The molecule has 4 rings (SSSR count). The molecular formula is C23H20N4O2S. The molecule has 2 heterocycles. The lowest BCUT2D eigenvalue weighted by molar-refractivity contribution is 0.0976. The molecule has 0 unspecified atom stereocenters. The van der Waals surface area contributed by atoms with Crippen molar-refractivity contribution in [2.45, 2.75) is 19.9 Å². The third-order valence-electron chi connectivity index (χ3n) is 4.67. The van der Waals surface area contributed by atoms with Crippen LogP contribution >= 0.6 is 12.2 Å². The van der Waals surface area contributed by atoms with E-state index in [1.807, 2.05) is 48.5 Å². The molecule has 150 valence electrons. The fourth-order valence-electron chi connectivity index (χ4n) is 2.95. The van der Waals surface area contributed by atoms with Gasteiger partial charge in [0.25, 0.3) is 5.91 Å². The maximum Gasteiger partial charge on any atom is 0.257 e. The van der Waals surface area contributed by atoms with Crippen LogP contribution in [0.2, 0.25) is 0 Å². The SMILES string of the molecule is CCc1ccc(C(=O)NC(=S)NCc2ccc(-c3nc4ncccc4o3)cc2)cc1. The molecule has 0 saturated carbocycles. The Morgan fingerprint density at radius 2 is 1.77 bits per heavy atom. The monoisotopic (exact) mass is 416 g/mol. The number of carbonyl (C=O) groups excluding carboxylic acids is 1. The van der Waals surface area contributed by atoms with Gasteiger partial charge in [-0.05, 0) is 66.2 Å². The number of fused-ring (bicyclic) bond motifs is 1. The van der Waals surface area contributed by atoms with Gasteiger partial charge in [-0.1, -0.05) is 31.2 Å². The quantitative estimate of drug-likeness (QED) is 0.473. The van der Waals surface area contributed by atoms with Crippen LogP contribution in [0.5, 0.6) is 0 Å². The minimum absolute atomic E-state index is 0.227. The number of aromatic nitrogens is 2. The number of amides is 1. The number of thiocarbonyl (C=S) groups is 1. The van der Waals surface area contributed by atoms with Crippen LogP contribution in [-0.2, 0) is 13.0 Å². The van der Waals surface area contributed by atoms with Gasteiger partial charge in [0.2, 0.25) is 5.89 Å². The minimum atomic E-state index is -0.227. The fourth-order valence-corrected chi connectivity index (χ4v) is 3.12. The van der Waals surface area contributed by atoms with Gasteiger partial charge in [-0.25, -0.2) is 4.98 Å². The van der Waals surface area contributed by atoms with Crippen LogP contribution in [-0.4, -0.2) is 21.0 Å². The third kappa shape index (κ3) is 4.52. The molecule has 1 amide bonds. The molecule has 2 N–H and O–H groups in total. The molecule has 30 heavy (non-hydrogen) atoms. The van der Waals surface area contributed by atoms with Crippen LogP contribution in [0.15, 0.2) is 71.3 Å². The second-order valence-electron chi connectivity index (χ2n) is 6.73. The van der Waals surface area contributed by atoms with Crippen LogP contribution in [0.1, 0.15) is 28.4 Å². The normalized spacial score (nSPS) is 10.7. The van der Waals surface area contributed by atoms with Crippen LogP contribution in [0.25, 0.3) is 22.7 Å². The molecule has 7 heteroatoms. The molecule has 0 radical (unpaired) electrons. The Morgan fingerprint density at radius 1 is 1.03 bits per heavy atom. The number of hydrogen-bond donors (Lipinski definition) is 2. The van der Waals surface area contributed by atoms with Gasteiger partial charge in [0.05, 0.1) is 0 Å². The first-order chi connectivity index (χ1) is 14.6.